The molecule has 0 aliphatic carbocycles. The van der Waals surface area contributed by atoms with Gasteiger partial charge in [0.1, 0.15) is 6.10 Å². The molecule has 1 heterocycles. The highest BCUT2D eigenvalue weighted by Gasteiger charge is 2.17. The lowest BCUT2D eigenvalue weighted by atomic mass is 10.3. The monoisotopic (exact) mass is 272 g/mol. The fourth-order valence-corrected chi connectivity index (χ4v) is 2.37. The maximum Gasteiger partial charge on any atom is 0.333 e. The third-order valence-corrected chi connectivity index (χ3v) is 3.33. The minimum absolute atomic E-state index is 0.275. The van der Waals surface area contributed by atoms with E-state index in [1.165, 1.54) is 0 Å². The largest absolute Gasteiger partial charge is 0.385 e. The van der Waals surface area contributed by atoms with Gasteiger partial charge in [-0.25, -0.2) is 10.1 Å². The molecule has 1 aromatic heterocycles. The number of aromatic nitrogens is 1. The molecule has 0 saturated heterocycles. The second-order valence-electron chi connectivity index (χ2n) is 2.71. The van der Waals surface area contributed by atoms with Crippen LogP contribution >= 0.6 is 22.9 Å². The van der Waals surface area contributed by atoms with E-state index >= 15 is 0 Å². The van der Waals surface area contributed by atoms with Crippen LogP contribution in [0, 0.1) is 6.92 Å². The first-order valence-electron chi connectivity index (χ1n) is 3.77. The first kappa shape index (κ1) is 12.8. The molecule has 6 nitrogen and oxygen atoms in total. The minimum Gasteiger partial charge on any atom is -0.385 e. The highest BCUT2D eigenvalue weighted by molar-refractivity contribution is 7.84. The molecule has 3 N–H and O–H groups in total. The van der Waals surface area contributed by atoms with Gasteiger partial charge in [-0.15, -0.1) is 11.3 Å². The summed E-state index contributed by atoms with van der Waals surface area (Å²) in [7, 11) is -4.04. The Labute approximate surface area is 95.9 Å². The topological polar surface area (TPSA) is 103 Å². The lowest BCUT2D eigenvalue weighted by Crippen LogP contribution is -2.19. The maximum absolute atomic E-state index is 10.5. The predicted octanol–water partition coefficient (Wildman–Crippen LogP) is 0.358. The standard InChI is InChI=1S/C6H9ClN2O4S2/c1-3-5(14-6(7)9-3)4(10)2-13-15(8,11)12/h4,10H,2H2,1H3,(H2,8,11,12)/t4-/m1/s1. The van der Waals surface area contributed by atoms with Crippen LogP contribution in [0.3, 0.4) is 0 Å². The highest BCUT2D eigenvalue weighted by Crippen LogP contribution is 2.28. The summed E-state index contributed by atoms with van der Waals surface area (Å²) in [4.78, 5) is 4.33. The van der Waals surface area contributed by atoms with Crippen LogP contribution in [0.25, 0.3) is 0 Å². The predicted molar refractivity (Wildman–Crippen MR) is 55.9 cm³/mol. The van der Waals surface area contributed by atoms with Gasteiger partial charge in [0.15, 0.2) is 4.47 Å². The van der Waals surface area contributed by atoms with E-state index in [9.17, 15) is 13.5 Å². The Morgan fingerprint density at radius 2 is 2.33 bits per heavy atom. The van der Waals surface area contributed by atoms with Crippen LogP contribution in [-0.4, -0.2) is 25.1 Å². The van der Waals surface area contributed by atoms with Gasteiger partial charge < -0.3 is 5.11 Å². The summed E-state index contributed by atoms with van der Waals surface area (Å²) in [5.74, 6) is 0. The lowest BCUT2D eigenvalue weighted by Gasteiger charge is -2.07. The number of aliphatic hydroxyl groups is 1. The van der Waals surface area contributed by atoms with Crippen molar-refractivity contribution >= 4 is 33.2 Å². The Balaban J connectivity index is 2.69. The van der Waals surface area contributed by atoms with E-state index in [4.69, 9.17) is 11.6 Å². The normalized spacial score (nSPS) is 14.1. The molecule has 86 valence electrons. The van der Waals surface area contributed by atoms with Crippen molar-refractivity contribution in [3.8, 4) is 0 Å². The Hall–Kier alpha value is -0.250. The molecule has 0 aliphatic rings. The number of nitrogens with two attached hydrogens (primary N) is 1. The smallest absolute Gasteiger partial charge is 0.333 e. The third-order valence-electron chi connectivity index (χ3n) is 1.50. The first-order valence-corrected chi connectivity index (χ1v) is 6.44. The molecule has 15 heavy (non-hydrogen) atoms. The zero-order valence-electron chi connectivity index (χ0n) is 7.68. The van der Waals surface area contributed by atoms with Crippen molar-refractivity contribution in [2.75, 3.05) is 6.61 Å². The number of hydrogen-bond donors (Lipinski definition) is 2. The van der Waals surface area contributed by atoms with Crippen molar-refractivity contribution in [2.45, 2.75) is 13.0 Å². The number of halogens is 1. The summed E-state index contributed by atoms with van der Waals surface area (Å²) >= 11 is 6.67. The zero-order chi connectivity index (χ0) is 11.6. The molecule has 0 unspecified atom stereocenters. The molecule has 1 rings (SSSR count). The Morgan fingerprint density at radius 3 is 2.73 bits per heavy atom. The van der Waals surface area contributed by atoms with Gasteiger partial charge in [-0.3, -0.25) is 4.18 Å². The second kappa shape index (κ2) is 4.73. The van der Waals surface area contributed by atoms with Gasteiger partial charge in [0.2, 0.25) is 0 Å². The van der Waals surface area contributed by atoms with Crippen molar-refractivity contribution in [3.05, 3.63) is 15.0 Å². The molecule has 1 aromatic rings. The van der Waals surface area contributed by atoms with Gasteiger partial charge in [0.05, 0.1) is 17.2 Å². The van der Waals surface area contributed by atoms with E-state index in [1.807, 2.05) is 0 Å². The van der Waals surface area contributed by atoms with Crippen molar-refractivity contribution in [3.63, 3.8) is 0 Å². The van der Waals surface area contributed by atoms with Gasteiger partial charge in [-0.1, -0.05) is 11.6 Å². The van der Waals surface area contributed by atoms with Crippen molar-refractivity contribution in [1.82, 2.24) is 4.98 Å². The van der Waals surface area contributed by atoms with Crippen LogP contribution in [0.15, 0.2) is 0 Å². The Bertz CT molecular complexity index is 444. The van der Waals surface area contributed by atoms with E-state index < -0.39 is 23.0 Å². The molecular formula is C6H9ClN2O4S2. The summed E-state index contributed by atoms with van der Waals surface area (Å²) in [6, 6.07) is 0. The lowest BCUT2D eigenvalue weighted by molar-refractivity contribution is 0.113. The molecule has 0 spiro atoms. The molecule has 0 radical (unpaired) electrons. The van der Waals surface area contributed by atoms with Gasteiger partial charge in [0, 0.05) is 0 Å². The van der Waals surface area contributed by atoms with Crippen molar-refractivity contribution in [2.24, 2.45) is 5.14 Å². The Morgan fingerprint density at radius 1 is 1.73 bits per heavy atom. The van der Waals surface area contributed by atoms with Gasteiger partial charge in [-0.05, 0) is 6.92 Å². The van der Waals surface area contributed by atoms with Gasteiger partial charge >= 0.3 is 10.3 Å². The van der Waals surface area contributed by atoms with Gasteiger partial charge in [0.25, 0.3) is 0 Å². The summed E-state index contributed by atoms with van der Waals surface area (Å²) in [6.07, 6.45) is -1.10. The van der Waals surface area contributed by atoms with E-state index in [2.05, 4.69) is 14.3 Å². The fourth-order valence-electron chi connectivity index (χ4n) is 0.918. The van der Waals surface area contributed by atoms with Crippen LogP contribution in [0.1, 0.15) is 16.7 Å². The first-order chi connectivity index (χ1) is 6.79. The molecular weight excluding hydrogens is 264 g/mol. The summed E-state index contributed by atoms with van der Waals surface area (Å²) in [5, 5.41) is 14.2. The highest BCUT2D eigenvalue weighted by atomic mass is 35.5. The second-order valence-corrected chi connectivity index (χ2v) is 5.54. The zero-order valence-corrected chi connectivity index (χ0v) is 10.1. The summed E-state index contributed by atoms with van der Waals surface area (Å²) < 4.78 is 25.4. The molecule has 0 bridgehead atoms. The van der Waals surface area contributed by atoms with Crippen LogP contribution in [0.4, 0.5) is 0 Å². The number of aryl methyl sites for hydroxylation is 1. The van der Waals surface area contributed by atoms with Gasteiger partial charge in [-0.2, -0.15) is 8.42 Å². The third kappa shape index (κ3) is 4.01. The van der Waals surface area contributed by atoms with E-state index in [1.54, 1.807) is 6.92 Å². The quantitative estimate of drug-likeness (QED) is 0.824. The van der Waals surface area contributed by atoms with Crippen LogP contribution < -0.4 is 5.14 Å². The molecule has 9 heteroatoms. The van der Waals surface area contributed by atoms with Crippen molar-refractivity contribution < 1.29 is 17.7 Å². The molecule has 0 aliphatic heterocycles. The average molecular weight is 273 g/mol. The Kier molecular flexibility index (Phi) is 4.04. The minimum atomic E-state index is -4.04. The van der Waals surface area contributed by atoms with E-state index in [0.29, 0.717) is 10.6 Å². The average Bonchev–Trinajstić information content (AvgIpc) is 2.40. The molecule has 0 amide bonds. The number of aliphatic hydroxyl groups excluding tert-OH is 1. The molecule has 0 saturated carbocycles. The molecule has 0 fully saturated rings. The van der Waals surface area contributed by atoms with Crippen LogP contribution in [0.2, 0.25) is 4.47 Å². The number of thiazole rings is 1. The van der Waals surface area contributed by atoms with Crippen molar-refractivity contribution in [1.29, 1.82) is 0 Å². The number of rotatable bonds is 4. The maximum atomic E-state index is 10.5. The SMILES string of the molecule is Cc1nc(Cl)sc1[C@H](O)COS(N)(=O)=O. The molecule has 1 atom stereocenters. The number of hydrogen-bond acceptors (Lipinski definition) is 6. The number of nitrogens with zero attached hydrogens (tertiary/aromatic N) is 1. The van der Waals surface area contributed by atoms with E-state index in [-0.39, 0.29) is 4.47 Å². The summed E-state index contributed by atoms with van der Waals surface area (Å²) in [5.41, 5.74) is 0.538. The van der Waals surface area contributed by atoms with Crippen LogP contribution in [-0.2, 0) is 14.5 Å². The fraction of sp³-hybridized carbons (Fsp3) is 0.500. The molecule has 0 aromatic carbocycles. The van der Waals surface area contributed by atoms with Crippen LogP contribution in [0.5, 0.6) is 0 Å². The van der Waals surface area contributed by atoms with E-state index in [0.717, 1.165) is 11.3 Å². The summed E-state index contributed by atoms with van der Waals surface area (Å²) in [6.45, 7) is 1.20.